The first-order valence-corrected chi connectivity index (χ1v) is 22.3. The number of carboxylic acids is 2. The average molecular weight is 851 g/mol. The Morgan fingerprint density at radius 2 is 0.983 bits per heavy atom. The van der Waals surface area contributed by atoms with E-state index in [1.807, 2.05) is 48.5 Å². The maximum Gasteiger partial charge on any atom is 0.335 e. The molecule has 6 rings (SSSR count). The van der Waals surface area contributed by atoms with Crippen molar-refractivity contribution in [3.63, 3.8) is 0 Å². The summed E-state index contributed by atoms with van der Waals surface area (Å²) < 4.78 is 69.5. The van der Waals surface area contributed by atoms with Crippen LogP contribution < -0.4 is 9.44 Å². The molecular weight excluding hydrogens is 804 g/mol. The van der Waals surface area contributed by atoms with Gasteiger partial charge in [-0.3, -0.25) is 9.44 Å². The lowest BCUT2D eigenvalue weighted by Crippen LogP contribution is -2.14. The van der Waals surface area contributed by atoms with E-state index in [9.17, 15) is 30.8 Å². The Bertz CT molecular complexity index is 2650. The van der Waals surface area contributed by atoms with Gasteiger partial charge in [0, 0.05) is 0 Å². The van der Waals surface area contributed by atoms with Crippen LogP contribution in [-0.2, 0) is 45.7 Å². The van der Waals surface area contributed by atoms with E-state index in [0.29, 0.717) is 49.4 Å². The molecule has 0 saturated heterocycles. The molecule has 0 aliphatic carbocycles. The number of aryl methyl sites for hydroxylation is 4. The molecule has 0 spiro atoms. The standard InChI is InChI=1S/C25H27NO4S.C22H20FNO4S/c1-18(2)20-13-15-23(16-14-20)31(29,30)26-24-12-4-3-9-21(24)10-5-7-19-8-6-11-22(17-19)25(27)28;23-19-11-5-12-20(15-19)29(27,28)24-21-13-2-1-8-17(21)9-3-6-16-7-4-10-18(14-16)22(25)26/h3-4,6,8-9,11-18,26H,5,7,10H2,1-2H3,(H,27,28);1-2,4-5,7-8,10-15,24H,3,6,9H2,(H,25,26). The normalized spacial score (nSPS) is 11.3. The molecule has 0 heterocycles. The molecule has 13 heteroatoms. The number of carbonyl (C=O) groups is 2. The predicted octanol–water partition coefficient (Wildman–Crippen LogP) is 9.98. The van der Waals surface area contributed by atoms with Crippen LogP contribution in [0.4, 0.5) is 15.8 Å². The van der Waals surface area contributed by atoms with E-state index in [1.165, 1.54) is 18.2 Å². The monoisotopic (exact) mass is 850 g/mol. The number of hydrogen-bond acceptors (Lipinski definition) is 6. The Labute approximate surface area is 350 Å². The van der Waals surface area contributed by atoms with E-state index in [4.69, 9.17) is 10.2 Å². The molecule has 6 aromatic carbocycles. The number of halogens is 1. The smallest absolute Gasteiger partial charge is 0.335 e. The summed E-state index contributed by atoms with van der Waals surface area (Å²) in [5.74, 6) is -2.20. The van der Waals surface area contributed by atoms with Gasteiger partial charge >= 0.3 is 11.9 Å². The molecule has 10 nitrogen and oxygen atoms in total. The molecule has 6 aromatic rings. The van der Waals surface area contributed by atoms with Crippen LogP contribution in [0, 0.1) is 5.82 Å². The lowest BCUT2D eigenvalue weighted by atomic mass is 10.0. The Morgan fingerprint density at radius 3 is 1.43 bits per heavy atom. The molecule has 0 aliphatic rings. The van der Waals surface area contributed by atoms with Gasteiger partial charge in [0.2, 0.25) is 0 Å². The minimum absolute atomic E-state index is 0.141. The molecular formula is C47H47FN2O8S2. The van der Waals surface area contributed by atoms with Crippen molar-refractivity contribution in [1.82, 2.24) is 0 Å². The van der Waals surface area contributed by atoms with Gasteiger partial charge in [-0.2, -0.15) is 0 Å². The van der Waals surface area contributed by atoms with Crippen LogP contribution in [0.15, 0.2) is 155 Å². The van der Waals surface area contributed by atoms with Gasteiger partial charge in [-0.15, -0.1) is 0 Å². The third kappa shape index (κ3) is 12.8. The third-order valence-corrected chi connectivity index (χ3v) is 12.4. The van der Waals surface area contributed by atoms with Crippen LogP contribution >= 0.6 is 0 Å². The van der Waals surface area contributed by atoms with Gasteiger partial charge in [-0.1, -0.05) is 92.7 Å². The average Bonchev–Trinajstić information content (AvgIpc) is 3.22. The van der Waals surface area contributed by atoms with E-state index < -0.39 is 37.8 Å². The number of sulfonamides is 2. The number of carboxylic acid groups (broad SMARTS) is 2. The fraction of sp³-hybridized carbons (Fsp3) is 0.191. The highest BCUT2D eigenvalue weighted by molar-refractivity contribution is 7.93. The van der Waals surface area contributed by atoms with Crippen molar-refractivity contribution in [2.45, 2.75) is 68.1 Å². The van der Waals surface area contributed by atoms with E-state index in [2.05, 4.69) is 23.3 Å². The van der Waals surface area contributed by atoms with Gasteiger partial charge in [-0.25, -0.2) is 30.8 Å². The summed E-state index contributed by atoms with van der Waals surface area (Å²) in [4.78, 5) is 22.3. The van der Waals surface area contributed by atoms with Crippen LogP contribution in [0.25, 0.3) is 0 Å². The second-order valence-corrected chi connectivity index (χ2v) is 17.8. The lowest BCUT2D eigenvalue weighted by molar-refractivity contribution is 0.0686. The molecule has 0 atom stereocenters. The van der Waals surface area contributed by atoms with Crippen molar-refractivity contribution in [3.8, 4) is 0 Å². The van der Waals surface area contributed by atoms with E-state index in [1.54, 1.807) is 72.8 Å². The maximum atomic E-state index is 13.4. The summed E-state index contributed by atoms with van der Waals surface area (Å²) in [7, 11) is -7.59. The summed E-state index contributed by atoms with van der Waals surface area (Å²) in [5, 5.41) is 18.2. The Hall–Kier alpha value is -6.31. The summed E-state index contributed by atoms with van der Waals surface area (Å²) in [6, 6.07) is 39.9. The van der Waals surface area contributed by atoms with Gasteiger partial charge in [0.15, 0.2) is 0 Å². The van der Waals surface area contributed by atoms with Crippen molar-refractivity contribution in [1.29, 1.82) is 0 Å². The summed E-state index contributed by atoms with van der Waals surface area (Å²) in [5.41, 5.74) is 6.17. The number of aromatic carboxylic acids is 2. The molecule has 0 saturated carbocycles. The van der Waals surface area contributed by atoms with Gasteiger partial charge in [0.1, 0.15) is 5.82 Å². The van der Waals surface area contributed by atoms with Gasteiger partial charge in [0.25, 0.3) is 20.0 Å². The topological polar surface area (TPSA) is 167 Å². The van der Waals surface area contributed by atoms with Crippen LogP contribution in [0.5, 0.6) is 0 Å². The Kier molecular flexibility index (Phi) is 15.4. The molecule has 0 radical (unpaired) electrons. The largest absolute Gasteiger partial charge is 0.478 e. The Morgan fingerprint density at radius 1 is 0.533 bits per heavy atom. The zero-order valence-electron chi connectivity index (χ0n) is 33.2. The fourth-order valence-corrected chi connectivity index (χ4v) is 8.67. The van der Waals surface area contributed by atoms with Crippen LogP contribution in [-0.4, -0.2) is 39.0 Å². The van der Waals surface area contributed by atoms with Crippen molar-refractivity contribution < 1.29 is 41.0 Å². The van der Waals surface area contributed by atoms with E-state index in [0.717, 1.165) is 40.3 Å². The molecule has 312 valence electrons. The van der Waals surface area contributed by atoms with Crippen LogP contribution in [0.1, 0.15) is 81.1 Å². The van der Waals surface area contributed by atoms with E-state index in [-0.39, 0.29) is 20.9 Å². The highest BCUT2D eigenvalue weighted by Crippen LogP contribution is 2.25. The van der Waals surface area contributed by atoms with Gasteiger partial charge in [-0.05, 0) is 139 Å². The predicted molar refractivity (Wildman–Crippen MR) is 232 cm³/mol. The number of anilines is 2. The van der Waals surface area contributed by atoms with Crippen molar-refractivity contribution in [2.75, 3.05) is 9.44 Å². The molecule has 0 aliphatic heterocycles. The van der Waals surface area contributed by atoms with Gasteiger partial charge < -0.3 is 10.2 Å². The fourth-order valence-electron chi connectivity index (χ4n) is 6.43. The first kappa shape index (κ1) is 44.8. The van der Waals surface area contributed by atoms with Gasteiger partial charge in [0.05, 0.1) is 32.3 Å². The number of nitrogens with one attached hydrogen (secondary N) is 2. The highest BCUT2D eigenvalue weighted by atomic mass is 32.2. The maximum absolute atomic E-state index is 13.4. The van der Waals surface area contributed by atoms with Crippen LogP contribution in [0.3, 0.4) is 0 Å². The van der Waals surface area contributed by atoms with Crippen molar-refractivity contribution >= 4 is 43.4 Å². The molecule has 60 heavy (non-hydrogen) atoms. The summed E-state index contributed by atoms with van der Waals surface area (Å²) in [6.45, 7) is 4.13. The second kappa shape index (κ2) is 20.6. The number of hydrogen-bond donors (Lipinski definition) is 4. The summed E-state index contributed by atoms with van der Waals surface area (Å²) in [6.07, 6.45) is 4.11. The van der Waals surface area contributed by atoms with Crippen LogP contribution in [0.2, 0.25) is 0 Å². The van der Waals surface area contributed by atoms with E-state index >= 15 is 0 Å². The first-order chi connectivity index (χ1) is 28.6. The quantitative estimate of drug-likeness (QED) is 0.0704. The lowest BCUT2D eigenvalue weighted by Gasteiger charge is -2.13. The number of rotatable bonds is 17. The van der Waals surface area contributed by atoms with Crippen molar-refractivity contribution in [2.24, 2.45) is 0 Å². The first-order valence-electron chi connectivity index (χ1n) is 19.3. The second-order valence-electron chi connectivity index (χ2n) is 14.4. The zero-order valence-corrected chi connectivity index (χ0v) is 34.8. The third-order valence-electron chi connectivity index (χ3n) is 9.66. The molecule has 0 amide bonds. The molecule has 0 fully saturated rings. The summed E-state index contributed by atoms with van der Waals surface area (Å²) >= 11 is 0. The molecule has 4 N–H and O–H groups in total. The zero-order chi connectivity index (χ0) is 43.3. The highest BCUT2D eigenvalue weighted by Gasteiger charge is 2.18. The molecule has 0 aromatic heterocycles. The Balaban J connectivity index is 0.000000228. The minimum atomic E-state index is -3.91. The number of benzene rings is 6. The molecule has 0 unspecified atom stereocenters. The number of para-hydroxylation sites is 2. The minimum Gasteiger partial charge on any atom is -0.478 e. The molecule has 0 bridgehead atoms. The van der Waals surface area contributed by atoms with Crippen molar-refractivity contribution in [3.05, 3.63) is 190 Å². The SMILES string of the molecule is CC(C)c1ccc(S(=O)(=O)Nc2ccccc2CCCc2cccc(C(=O)O)c2)cc1.O=C(O)c1cccc(CCCc2ccccc2NS(=O)(=O)c2cccc(F)c2)c1.